The molecule has 1 aliphatic heterocycles. The number of hydrogen-bond acceptors (Lipinski definition) is 3. The quantitative estimate of drug-likeness (QED) is 0.848. The van der Waals surface area contributed by atoms with E-state index in [1.165, 1.54) is 10.9 Å². The summed E-state index contributed by atoms with van der Waals surface area (Å²) in [6.45, 7) is 2.51. The Bertz CT molecular complexity index is 695. The lowest BCUT2D eigenvalue weighted by Crippen LogP contribution is -2.30. The SMILES string of the molecule is CN(C)C[C@@H]1CN(C(=O)CCc2c[nH]c3ccccc23)C[C@@H]1CO. The number of H-pyrrole nitrogens is 1. The van der Waals surface area contributed by atoms with Crippen LogP contribution in [0.15, 0.2) is 30.5 Å². The van der Waals surface area contributed by atoms with Crippen LogP contribution in [0, 0.1) is 11.8 Å². The number of benzene rings is 1. The molecule has 24 heavy (non-hydrogen) atoms. The molecule has 0 aliphatic carbocycles. The van der Waals surface area contributed by atoms with Crippen LogP contribution >= 0.6 is 0 Å². The van der Waals surface area contributed by atoms with E-state index in [1.807, 2.05) is 37.3 Å². The van der Waals surface area contributed by atoms with Gasteiger partial charge in [0.1, 0.15) is 0 Å². The Morgan fingerprint density at radius 2 is 2.04 bits per heavy atom. The molecule has 2 heterocycles. The number of aromatic nitrogens is 1. The topological polar surface area (TPSA) is 59.6 Å². The summed E-state index contributed by atoms with van der Waals surface area (Å²) in [4.78, 5) is 19.9. The molecule has 1 amide bonds. The Morgan fingerprint density at radius 1 is 1.29 bits per heavy atom. The van der Waals surface area contributed by atoms with Crippen LogP contribution in [0.25, 0.3) is 10.9 Å². The van der Waals surface area contributed by atoms with Crippen LogP contribution < -0.4 is 0 Å². The molecule has 1 saturated heterocycles. The molecule has 3 rings (SSSR count). The number of hydrogen-bond donors (Lipinski definition) is 2. The molecule has 0 radical (unpaired) electrons. The van der Waals surface area contributed by atoms with Crippen molar-refractivity contribution in [3.8, 4) is 0 Å². The second-order valence-electron chi connectivity index (χ2n) is 7.12. The molecule has 5 heteroatoms. The van der Waals surface area contributed by atoms with Gasteiger partial charge in [-0.15, -0.1) is 0 Å². The normalized spacial score (nSPS) is 21.1. The van der Waals surface area contributed by atoms with Crippen molar-refractivity contribution in [2.24, 2.45) is 11.8 Å². The number of nitrogens with zero attached hydrogens (tertiary/aromatic N) is 2. The monoisotopic (exact) mass is 329 g/mol. The number of carbonyl (C=O) groups is 1. The molecule has 130 valence electrons. The highest BCUT2D eigenvalue weighted by atomic mass is 16.3. The van der Waals surface area contributed by atoms with E-state index >= 15 is 0 Å². The number of likely N-dealkylation sites (tertiary alicyclic amines) is 1. The fourth-order valence-corrected chi connectivity index (χ4v) is 3.76. The van der Waals surface area contributed by atoms with Crippen LogP contribution in [-0.4, -0.2) is 66.1 Å². The van der Waals surface area contributed by atoms with Crippen LogP contribution in [-0.2, 0) is 11.2 Å². The number of aliphatic hydroxyl groups excluding tert-OH is 1. The van der Waals surface area contributed by atoms with E-state index in [1.54, 1.807) is 0 Å². The van der Waals surface area contributed by atoms with Crippen molar-refractivity contribution >= 4 is 16.8 Å². The summed E-state index contributed by atoms with van der Waals surface area (Å²) >= 11 is 0. The van der Waals surface area contributed by atoms with Gasteiger partial charge < -0.3 is 19.9 Å². The third-order valence-corrected chi connectivity index (χ3v) is 5.05. The van der Waals surface area contributed by atoms with E-state index < -0.39 is 0 Å². The largest absolute Gasteiger partial charge is 0.396 e. The number of carbonyl (C=O) groups excluding carboxylic acids is 1. The van der Waals surface area contributed by atoms with Crippen molar-refractivity contribution in [3.63, 3.8) is 0 Å². The first kappa shape index (κ1) is 17.0. The van der Waals surface area contributed by atoms with Crippen molar-refractivity contribution < 1.29 is 9.90 Å². The molecule has 1 aliphatic rings. The highest BCUT2D eigenvalue weighted by molar-refractivity contribution is 5.84. The van der Waals surface area contributed by atoms with E-state index in [4.69, 9.17) is 0 Å². The van der Waals surface area contributed by atoms with Gasteiger partial charge >= 0.3 is 0 Å². The lowest BCUT2D eigenvalue weighted by atomic mass is 9.97. The second-order valence-corrected chi connectivity index (χ2v) is 7.12. The van der Waals surface area contributed by atoms with E-state index in [2.05, 4.69) is 22.0 Å². The molecule has 0 spiro atoms. The van der Waals surface area contributed by atoms with Gasteiger partial charge in [0.2, 0.25) is 5.91 Å². The molecule has 5 nitrogen and oxygen atoms in total. The molecule has 2 N–H and O–H groups in total. The number of aryl methyl sites for hydroxylation is 1. The highest BCUT2D eigenvalue weighted by Gasteiger charge is 2.34. The summed E-state index contributed by atoms with van der Waals surface area (Å²) in [5.74, 6) is 0.756. The third-order valence-electron chi connectivity index (χ3n) is 5.05. The smallest absolute Gasteiger partial charge is 0.222 e. The van der Waals surface area contributed by atoms with Gasteiger partial charge in [0.25, 0.3) is 0 Å². The molecule has 0 saturated carbocycles. The van der Waals surface area contributed by atoms with Gasteiger partial charge in [0.05, 0.1) is 0 Å². The Labute approximate surface area is 143 Å². The lowest BCUT2D eigenvalue weighted by Gasteiger charge is -2.20. The van der Waals surface area contributed by atoms with Gasteiger partial charge in [-0.25, -0.2) is 0 Å². The van der Waals surface area contributed by atoms with Gasteiger partial charge in [-0.3, -0.25) is 4.79 Å². The van der Waals surface area contributed by atoms with Crippen molar-refractivity contribution in [1.82, 2.24) is 14.8 Å². The van der Waals surface area contributed by atoms with Crippen molar-refractivity contribution in [2.45, 2.75) is 12.8 Å². The molecule has 0 bridgehead atoms. The van der Waals surface area contributed by atoms with Crippen LogP contribution in [0.3, 0.4) is 0 Å². The maximum absolute atomic E-state index is 12.6. The first-order valence-corrected chi connectivity index (χ1v) is 8.67. The van der Waals surface area contributed by atoms with Gasteiger partial charge in [-0.05, 0) is 38.1 Å². The van der Waals surface area contributed by atoms with E-state index in [-0.39, 0.29) is 18.4 Å². The van der Waals surface area contributed by atoms with Crippen molar-refractivity contribution in [2.75, 3.05) is 40.3 Å². The molecule has 0 unspecified atom stereocenters. The molecule has 1 aromatic heterocycles. The minimum atomic E-state index is 0.157. The molecular weight excluding hydrogens is 302 g/mol. The Morgan fingerprint density at radius 3 is 2.79 bits per heavy atom. The molecular formula is C19H27N3O2. The molecule has 2 atom stereocenters. The van der Waals surface area contributed by atoms with Gasteiger partial charge in [-0.2, -0.15) is 0 Å². The summed E-state index contributed by atoms with van der Waals surface area (Å²) in [7, 11) is 4.08. The maximum atomic E-state index is 12.6. The Kier molecular flexibility index (Phi) is 5.21. The lowest BCUT2D eigenvalue weighted by molar-refractivity contribution is -0.130. The summed E-state index contributed by atoms with van der Waals surface area (Å²) < 4.78 is 0. The Balaban J connectivity index is 1.59. The highest BCUT2D eigenvalue weighted by Crippen LogP contribution is 2.25. The van der Waals surface area contributed by atoms with E-state index in [0.717, 1.165) is 25.0 Å². The third kappa shape index (κ3) is 3.62. The summed E-state index contributed by atoms with van der Waals surface area (Å²) in [5, 5.41) is 10.8. The maximum Gasteiger partial charge on any atom is 0.222 e. The van der Waals surface area contributed by atoms with Gasteiger partial charge in [0, 0.05) is 55.7 Å². The average molecular weight is 329 g/mol. The standard InChI is InChI=1S/C19H27N3O2/c1-21(2)10-15-11-22(12-16(15)13-23)19(24)8-7-14-9-20-18-6-4-3-5-17(14)18/h3-6,9,15-16,20,23H,7-8,10-13H2,1-2H3/t15-,16-/m1/s1. The number of para-hydroxylation sites is 1. The van der Waals surface area contributed by atoms with Crippen LogP contribution in [0.4, 0.5) is 0 Å². The zero-order chi connectivity index (χ0) is 17.1. The van der Waals surface area contributed by atoms with Crippen molar-refractivity contribution in [1.29, 1.82) is 0 Å². The number of rotatable bonds is 6. The van der Waals surface area contributed by atoms with Gasteiger partial charge in [-0.1, -0.05) is 18.2 Å². The first-order valence-electron chi connectivity index (χ1n) is 8.67. The summed E-state index contributed by atoms with van der Waals surface area (Å²) in [6, 6.07) is 8.19. The fraction of sp³-hybridized carbons (Fsp3) is 0.526. The van der Waals surface area contributed by atoms with Gasteiger partial charge in [0.15, 0.2) is 0 Å². The Hall–Kier alpha value is -1.85. The van der Waals surface area contributed by atoms with E-state index in [9.17, 15) is 9.90 Å². The molecule has 1 aromatic carbocycles. The number of aromatic amines is 1. The number of amides is 1. The number of nitrogens with one attached hydrogen (secondary N) is 1. The zero-order valence-electron chi connectivity index (χ0n) is 14.5. The van der Waals surface area contributed by atoms with Crippen LogP contribution in [0.1, 0.15) is 12.0 Å². The minimum absolute atomic E-state index is 0.157. The van der Waals surface area contributed by atoms with Crippen LogP contribution in [0.2, 0.25) is 0 Å². The molecule has 2 aromatic rings. The zero-order valence-corrected chi connectivity index (χ0v) is 14.5. The predicted octanol–water partition coefficient (Wildman–Crippen LogP) is 1.73. The second kappa shape index (κ2) is 7.36. The molecule has 1 fully saturated rings. The first-order chi connectivity index (χ1) is 11.6. The summed E-state index contributed by atoms with van der Waals surface area (Å²) in [5.41, 5.74) is 2.31. The van der Waals surface area contributed by atoms with E-state index in [0.29, 0.717) is 18.9 Å². The number of fused-ring (bicyclic) bond motifs is 1. The predicted molar refractivity (Wildman–Crippen MR) is 95.8 cm³/mol. The fourth-order valence-electron chi connectivity index (χ4n) is 3.76. The number of aliphatic hydroxyl groups is 1. The van der Waals surface area contributed by atoms with Crippen LogP contribution in [0.5, 0.6) is 0 Å². The summed E-state index contributed by atoms with van der Waals surface area (Å²) in [6.07, 6.45) is 3.28. The van der Waals surface area contributed by atoms with Crippen molar-refractivity contribution in [3.05, 3.63) is 36.0 Å². The average Bonchev–Trinajstić information content (AvgIpc) is 3.16. The minimum Gasteiger partial charge on any atom is -0.396 e.